The number of anilines is 1. The molecule has 3 rings (SSSR count). The maximum absolute atomic E-state index is 12.4. The van der Waals surface area contributed by atoms with Crippen molar-refractivity contribution in [1.29, 1.82) is 0 Å². The molecule has 1 fully saturated rings. The SMILES string of the molecule is COc1cccc(CCNC(=O)N2CCN(c3cccc(C)c3C)CC2)c1.Cl. The van der Waals surface area contributed by atoms with Crippen LogP contribution in [0.4, 0.5) is 10.5 Å². The number of amides is 2. The first-order valence-electron chi connectivity index (χ1n) is 9.55. The molecule has 28 heavy (non-hydrogen) atoms. The number of piperazine rings is 1. The fraction of sp³-hybridized carbons (Fsp3) is 0.409. The van der Waals surface area contributed by atoms with Crippen LogP contribution in [0.3, 0.4) is 0 Å². The van der Waals surface area contributed by atoms with Crippen LogP contribution < -0.4 is 15.0 Å². The first-order chi connectivity index (χ1) is 13.1. The molecule has 152 valence electrons. The summed E-state index contributed by atoms with van der Waals surface area (Å²) in [7, 11) is 1.67. The van der Waals surface area contributed by atoms with Gasteiger partial charge in [0.15, 0.2) is 0 Å². The third kappa shape index (κ3) is 5.32. The molecule has 0 bridgehead atoms. The van der Waals surface area contributed by atoms with Crippen molar-refractivity contribution >= 4 is 24.1 Å². The van der Waals surface area contributed by atoms with E-state index in [4.69, 9.17) is 4.74 Å². The number of carbonyl (C=O) groups excluding carboxylic acids is 1. The minimum Gasteiger partial charge on any atom is -0.497 e. The van der Waals surface area contributed by atoms with Crippen LogP contribution in [0.2, 0.25) is 0 Å². The summed E-state index contributed by atoms with van der Waals surface area (Å²) in [5, 5.41) is 3.04. The summed E-state index contributed by atoms with van der Waals surface area (Å²) in [4.78, 5) is 16.7. The molecule has 1 heterocycles. The van der Waals surface area contributed by atoms with Crippen molar-refractivity contribution < 1.29 is 9.53 Å². The molecule has 0 saturated carbocycles. The first-order valence-corrected chi connectivity index (χ1v) is 9.55. The predicted octanol–water partition coefficient (Wildman–Crippen LogP) is 3.81. The van der Waals surface area contributed by atoms with E-state index in [1.54, 1.807) is 7.11 Å². The molecule has 2 aromatic rings. The number of benzene rings is 2. The van der Waals surface area contributed by atoms with Crippen molar-refractivity contribution in [2.75, 3.05) is 44.7 Å². The molecule has 0 atom stereocenters. The summed E-state index contributed by atoms with van der Waals surface area (Å²) in [6, 6.07) is 14.4. The molecular formula is C22H30ClN3O2. The van der Waals surface area contributed by atoms with Gasteiger partial charge in [-0.1, -0.05) is 24.3 Å². The van der Waals surface area contributed by atoms with Crippen molar-refractivity contribution in [3.05, 3.63) is 59.2 Å². The van der Waals surface area contributed by atoms with Crippen molar-refractivity contribution in [1.82, 2.24) is 10.2 Å². The van der Waals surface area contributed by atoms with Crippen molar-refractivity contribution in [3.63, 3.8) is 0 Å². The molecule has 0 aromatic heterocycles. The van der Waals surface area contributed by atoms with E-state index in [0.29, 0.717) is 6.54 Å². The molecule has 5 nitrogen and oxygen atoms in total. The number of nitrogens with one attached hydrogen (secondary N) is 1. The third-order valence-electron chi connectivity index (χ3n) is 5.31. The molecule has 1 N–H and O–H groups in total. The van der Waals surface area contributed by atoms with Crippen molar-refractivity contribution in [2.45, 2.75) is 20.3 Å². The zero-order chi connectivity index (χ0) is 19.2. The van der Waals surface area contributed by atoms with Gasteiger partial charge in [-0.25, -0.2) is 4.79 Å². The lowest BCUT2D eigenvalue weighted by Crippen LogP contribution is -2.52. The van der Waals surface area contributed by atoms with Gasteiger partial charge in [0.2, 0.25) is 0 Å². The second-order valence-corrected chi connectivity index (χ2v) is 7.03. The molecule has 0 spiro atoms. The van der Waals surface area contributed by atoms with E-state index >= 15 is 0 Å². The van der Waals surface area contributed by atoms with Gasteiger partial charge >= 0.3 is 6.03 Å². The maximum Gasteiger partial charge on any atom is 0.317 e. The zero-order valence-corrected chi connectivity index (χ0v) is 17.7. The van der Waals surface area contributed by atoms with Gasteiger partial charge in [-0.05, 0) is 55.2 Å². The molecule has 1 aliphatic rings. The van der Waals surface area contributed by atoms with E-state index in [0.717, 1.165) is 43.9 Å². The first kappa shape index (κ1) is 21.9. The minimum absolute atomic E-state index is 0. The van der Waals surface area contributed by atoms with Crippen LogP contribution >= 0.6 is 12.4 Å². The van der Waals surface area contributed by atoms with Gasteiger partial charge in [0.05, 0.1) is 7.11 Å². The highest BCUT2D eigenvalue weighted by atomic mass is 35.5. The van der Waals surface area contributed by atoms with E-state index in [2.05, 4.69) is 48.3 Å². The fourth-order valence-electron chi connectivity index (χ4n) is 3.48. The Morgan fingerprint density at radius 1 is 1.07 bits per heavy atom. The minimum atomic E-state index is 0. The Morgan fingerprint density at radius 3 is 2.50 bits per heavy atom. The molecule has 0 aliphatic carbocycles. The molecule has 1 saturated heterocycles. The summed E-state index contributed by atoms with van der Waals surface area (Å²) in [5.41, 5.74) is 5.08. The average Bonchev–Trinajstić information content (AvgIpc) is 2.70. The van der Waals surface area contributed by atoms with Crippen LogP contribution in [0, 0.1) is 13.8 Å². The number of aryl methyl sites for hydroxylation is 1. The van der Waals surface area contributed by atoms with Gasteiger partial charge in [0, 0.05) is 38.4 Å². The second-order valence-electron chi connectivity index (χ2n) is 7.03. The van der Waals surface area contributed by atoms with Crippen LogP contribution in [0.15, 0.2) is 42.5 Å². The summed E-state index contributed by atoms with van der Waals surface area (Å²) < 4.78 is 5.24. The topological polar surface area (TPSA) is 44.8 Å². The zero-order valence-electron chi connectivity index (χ0n) is 16.9. The lowest BCUT2D eigenvalue weighted by atomic mass is 10.1. The van der Waals surface area contributed by atoms with E-state index < -0.39 is 0 Å². The number of ether oxygens (including phenoxy) is 1. The number of urea groups is 1. The smallest absolute Gasteiger partial charge is 0.317 e. The largest absolute Gasteiger partial charge is 0.497 e. The van der Waals surface area contributed by atoms with Crippen molar-refractivity contribution in [2.24, 2.45) is 0 Å². The van der Waals surface area contributed by atoms with Crippen LogP contribution in [0.5, 0.6) is 5.75 Å². The average molecular weight is 404 g/mol. The van der Waals surface area contributed by atoms with Gasteiger partial charge in [0.1, 0.15) is 5.75 Å². The quantitative estimate of drug-likeness (QED) is 0.825. The van der Waals surface area contributed by atoms with Crippen LogP contribution in [-0.2, 0) is 6.42 Å². The Labute approximate surface area is 174 Å². The normalized spacial score (nSPS) is 13.7. The van der Waals surface area contributed by atoms with E-state index in [-0.39, 0.29) is 18.4 Å². The van der Waals surface area contributed by atoms with Gasteiger partial charge < -0.3 is 19.9 Å². The Morgan fingerprint density at radius 2 is 1.79 bits per heavy atom. The number of rotatable bonds is 5. The number of halogens is 1. The van der Waals surface area contributed by atoms with Gasteiger partial charge in [-0.15, -0.1) is 12.4 Å². The highest BCUT2D eigenvalue weighted by Gasteiger charge is 2.22. The third-order valence-corrected chi connectivity index (χ3v) is 5.31. The summed E-state index contributed by atoms with van der Waals surface area (Å²) in [6.07, 6.45) is 0.797. The predicted molar refractivity (Wildman–Crippen MR) is 117 cm³/mol. The number of nitrogens with zero attached hydrogens (tertiary/aromatic N) is 2. The second kappa shape index (κ2) is 10.2. The number of hydrogen-bond acceptors (Lipinski definition) is 3. The van der Waals surface area contributed by atoms with E-state index in [1.165, 1.54) is 16.8 Å². The maximum atomic E-state index is 12.4. The van der Waals surface area contributed by atoms with Crippen molar-refractivity contribution in [3.8, 4) is 5.75 Å². The summed E-state index contributed by atoms with van der Waals surface area (Å²) in [6.45, 7) is 8.17. The highest BCUT2D eigenvalue weighted by molar-refractivity contribution is 5.85. The van der Waals surface area contributed by atoms with Crippen LogP contribution in [0.25, 0.3) is 0 Å². The Bertz CT molecular complexity index is 789. The van der Waals surface area contributed by atoms with Gasteiger partial charge in [0.25, 0.3) is 0 Å². The van der Waals surface area contributed by atoms with E-state index in [1.807, 2.05) is 23.1 Å². The number of methoxy groups -OCH3 is 1. The summed E-state index contributed by atoms with van der Waals surface area (Å²) >= 11 is 0. The number of hydrogen-bond donors (Lipinski definition) is 1. The molecule has 0 unspecified atom stereocenters. The number of carbonyl (C=O) groups is 1. The molecule has 2 amide bonds. The Balaban J connectivity index is 0.00000280. The van der Waals surface area contributed by atoms with Gasteiger partial charge in [-0.2, -0.15) is 0 Å². The monoisotopic (exact) mass is 403 g/mol. The molecular weight excluding hydrogens is 374 g/mol. The fourth-order valence-corrected chi connectivity index (χ4v) is 3.48. The van der Waals surface area contributed by atoms with Crippen LogP contribution in [-0.4, -0.2) is 50.8 Å². The standard InChI is InChI=1S/C22H29N3O2.ClH/c1-17-6-4-9-21(18(17)2)24-12-14-25(15-13-24)22(26)23-11-10-19-7-5-8-20(16-19)27-3;/h4-9,16H,10-15H2,1-3H3,(H,23,26);1H. The Hall–Kier alpha value is -2.40. The Kier molecular flexibility index (Phi) is 8.00. The molecule has 0 radical (unpaired) electrons. The molecule has 1 aliphatic heterocycles. The molecule has 2 aromatic carbocycles. The molecule has 6 heteroatoms. The lowest BCUT2D eigenvalue weighted by molar-refractivity contribution is 0.194. The van der Waals surface area contributed by atoms with E-state index in [9.17, 15) is 4.79 Å². The lowest BCUT2D eigenvalue weighted by Gasteiger charge is -2.37. The van der Waals surface area contributed by atoms with Gasteiger partial charge in [-0.3, -0.25) is 0 Å². The van der Waals surface area contributed by atoms with Crippen LogP contribution in [0.1, 0.15) is 16.7 Å². The highest BCUT2D eigenvalue weighted by Crippen LogP contribution is 2.23. The summed E-state index contributed by atoms with van der Waals surface area (Å²) in [5.74, 6) is 0.849.